The molecule has 2 rings (SSSR count). The normalized spacial score (nSPS) is 19.4. The third-order valence-corrected chi connectivity index (χ3v) is 5.08. The Hall–Kier alpha value is -0.870. The van der Waals surface area contributed by atoms with Crippen molar-refractivity contribution in [2.75, 3.05) is 0 Å². The van der Waals surface area contributed by atoms with E-state index in [1.165, 1.54) is 12.8 Å². The number of benzene rings is 1. The molecule has 4 heteroatoms. The van der Waals surface area contributed by atoms with E-state index in [-0.39, 0.29) is 6.04 Å². The minimum atomic E-state index is -3.35. The van der Waals surface area contributed by atoms with E-state index in [0.717, 1.165) is 12.8 Å². The maximum Gasteiger partial charge on any atom is 0.240 e. The molecule has 0 amide bonds. The van der Waals surface area contributed by atoms with Crippen molar-refractivity contribution in [1.29, 1.82) is 0 Å². The number of sulfonamides is 1. The summed E-state index contributed by atoms with van der Waals surface area (Å²) >= 11 is 0. The summed E-state index contributed by atoms with van der Waals surface area (Å²) in [6.45, 7) is 1.97. The van der Waals surface area contributed by atoms with Crippen LogP contribution in [0.1, 0.15) is 32.6 Å². The van der Waals surface area contributed by atoms with Crippen LogP contribution in [0.2, 0.25) is 0 Å². The van der Waals surface area contributed by atoms with Crippen LogP contribution < -0.4 is 4.72 Å². The third kappa shape index (κ3) is 3.07. The van der Waals surface area contributed by atoms with Crippen LogP contribution in [0, 0.1) is 5.92 Å². The predicted octanol–water partition coefficient (Wildman–Crippen LogP) is 2.54. The van der Waals surface area contributed by atoms with E-state index < -0.39 is 10.0 Å². The fourth-order valence-corrected chi connectivity index (χ4v) is 3.80. The maximum absolute atomic E-state index is 12.1. The Labute approximate surface area is 103 Å². The molecule has 0 radical (unpaired) electrons. The molecule has 1 atom stereocenters. The van der Waals surface area contributed by atoms with Gasteiger partial charge in [-0.2, -0.15) is 0 Å². The number of rotatable bonds is 4. The number of nitrogens with one attached hydrogen (secondary N) is 1. The molecule has 1 saturated carbocycles. The second-order valence-electron chi connectivity index (χ2n) is 4.77. The number of hydrogen-bond acceptors (Lipinski definition) is 2. The zero-order valence-corrected chi connectivity index (χ0v) is 10.9. The Balaban J connectivity index is 2.07. The van der Waals surface area contributed by atoms with Crippen LogP contribution in [0.15, 0.2) is 35.2 Å². The molecule has 1 aromatic rings. The van der Waals surface area contributed by atoms with Gasteiger partial charge in [0.2, 0.25) is 10.0 Å². The lowest BCUT2D eigenvalue weighted by atomic mass is 10.0. The highest BCUT2D eigenvalue weighted by Crippen LogP contribution is 2.28. The molecule has 17 heavy (non-hydrogen) atoms. The van der Waals surface area contributed by atoms with E-state index >= 15 is 0 Å². The first-order chi connectivity index (χ1) is 8.09. The summed E-state index contributed by atoms with van der Waals surface area (Å²) < 4.78 is 27.0. The lowest BCUT2D eigenvalue weighted by Gasteiger charge is -2.20. The average Bonchev–Trinajstić information content (AvgIpc) is 2.83. The largest absolute Gasteiger partial charge is 0.240 e. The van der Waals surface area contributed by atoms with E-state index in [1.54, 1.807) is 24.3 Å². The SMILES string of the molecule is C[C@H](NS(=O)(=O)c1ccccc1)C1CCCC1. The first-order valence-corrected chi connectivity index (χ1v) is 7.65. The molecule has 0 heterocycles. The highest BCUT2D eigenvalue weighted by atomic mass is 32.2. The van der Waals surface area contributed by atoms with Crippen LogP contribution in [0.5, 0.6) is 0 Å². The van der Waals surface area contributed by atoms with Crippen molar-refractivity contribution in [3.8, 4) is 0 Å². The summed E-state index contributed by atoms with van der Waals surface area (Å²) in [6.07, 6.45) is 4.72. The van der Waals surface area contributed by atoms with Gasteiger partial charge in [-0.15, -0.1) is 0 Å². The summed E-state index contributed by atoms with van der Waals surface area (Å²) in [5.74, 6) is 0.494. The Bertz CT molecular complexity index is 450. The molecule has 3 nitrogen and oxygen atoms in total. The second kappa shape index (κ2) is 5.19. The van der Waals surface area contributed by atoms with Crippen LogP contribution >= 0.6 is 0 Å². The third-order valence-electron chi connectivity index (χ3n) is 3.50. The van der Waals surface area contributed by atoms with Crippen LogP contribution in [0.4, 0.5) is 0 Å². The zero-order valence-electron chi connectivity index (χ0n) is 10.1. The molecule has 1 aliphatic rings. The van der Waals surface area contributed by atoms with Crippen LogP contribution in [0.25, 0.3) is 0 Å². The van der Waals surface area contributed by atoms with Gasteiger partial charge in [-0.25, -0.2) is 13.1 Å². The molecule has 0 aliphatic heterocycles. The summed E-state index contributed by atoms with van der Waals surface area (Å²) in [6, 6.07) is 8.60. The van der Waals surface area contributed by atoms with Crippen molar-refractivity contribution in [3.05, 3.63) is 30.3 Å². The average molecular weight is 253 g/mol. The summed E-state index contributed by atoms with van der Waals surface area (Å²) in [4.78, 5) is 0.352. The van der Waals surface area contributed by atoms with Crippen molar-refractivity contribution in [2.45, 2.75) is 43.5 Å². The molecule has 1 fully saturated rings. The van der Waals surface area contributed by atoms with Crippen molar-refractivity contribution in [1.82, 2.24) is 4.72 Å². The quantitative estimate of drug-likeness (QED) is 0.896. The van der Waals surface area contributed by atoms with Crippen molar-refractivity contribution >= 4 is 10.0 Å². The Kier molecular flexibility index (Phi) is 3.84. The fourth-order valence-electron chi connectivity index (χ4n) is 2.47. The lowest BCUT2D eigenvalue weighted by molar-refractivity contribution is 0.424. The molecule has 0 spiro atoms. The molecular weight excluding hydrogens is 234 g/mol. The van der Waals surface area contributed by atoms with Gasteiger partial charge in [0.15, 0.2) is 0 Å². The Morgan fingerprint density at radius 3 is 2.35 bits per heavy atom. The highest BCUT2D eigenvalue weighted by Gasteiger charge is 2.25. The van der Waals surface area contributed by atoms with Gasteiger partial charge in [-0.3, -0.25) is 0 Å². The molecule has 0 unspecified atom stereocenters. The van der Waals surface area contributed by atoms with Gasteiger partial charge in [-0.1, -0.05) is 31.0 Å². The fraction of sp³-hybridized carbons (Fsp3) is 0.538. The molecule has 0 saturated heterocycles. The lowest BCUT2D eigenvalue weighted by Crippen LogP contribution is -2.37. The molecule has 1 N–H and O–H groups in total. The molecular formula is C13H19NO2S. The smallest absolute Gasteiger partial charge is 0.208 e. The number of hydrogen-bond donors (Lipinski definition) is 1. The van der Waals surface area contributed by atoms with Gasteiger partial charge >= 0.3 is 0 Å². The topological polar surface area (TPSA) is 46.2 Å². The maximum atomic E-state index is 12.1. The van der Waals surface area contributed by atoms with Crippen LogP contribution in [-0.4, -0.2) is 14.5 Å². The summed E-state index contributed by atoms with van der Waals surface area (Å²) in [5.41, 5.74) is 0. The van der Waals surface area contributed by atoms with E-state index in [2.05, 4.69) is 4.72 Å². The van der Waals surface area contributed by atoms with Gasteiger partial charge in [0.25, 0.3) is 0 Å². The molecule has 0 aromatic heterocycles. The van der Waals surface area contributed by atoms with Crippen molar-refractivity contribution in [3.63, 3.8) is 0 Å². The van der Waals surface area contributed by atoms with Gasteiger partial charge < -0.3 is 0 Å². The van der Waals surface area contributed by atoms with Crippen LogP contribution in [-0.2, 0) is 10.0 Å². The van der Waals surface area contributed by atoms with Gasteiger partial charge in [0.1, 0.15) is 0 Å². The second-order valence-corrected chi connectivity index (χ2v) is 6.48. The molecule has 1 aromatic carbocycles. The highest BCUT2D eigenvalue weighted by molar-refractivity contribution is 7.89. The van der Waals surface area contributed by atoms with E-state index in [9.17, 15) is 8.42 Å². The van der Waals surface area contributed by atoms with Gasteiger partial charge in [0, 0.05) is 6.04 Å². The van der Waals surface area contributed by atoms with Crippen LogP contribution in [0.3, 0.4) is 0 Å². The van der Waals surface area contributed by atoms with Gasteiger partial charge in [0.05, 0.1) is 4.90 Å². The first-order valence-electron chi connectivity index (χ1n) is 6.17. The summed E-state index contributed by atoms with van der Waals surface area (Å²) in [7, 11) is -3.35. The predicted molar refractivity (Wildman–Crippen MR) is 68.2 cm³/mol. The Morgan fingerprint density at radius 2 is 1.76 bits per heavy atom. The minimum Gasteiger partial charge on any atom is -0.208 e. The van der Waals surface area contributed by atoms with Crippen molar-refractivity contribution < 1.29 is 8.42 Å². The Morgan fingerprint density at radius 1 is 1.18 bits per heavy atom. The molecule has 94 valence electrons. The molecule has 1 aliphatic carbocycles. The minimum absolute atomic E-state index is 0.0303. The monoisotopic (exact) mass is 253 g/mol. The standard InChI is InChI=1S/C13H19NO2S/c1-11(12-7-5-6-8-12)14-17(15,16)13-9-3-2-4-10-13/h2-4,9-12,14H,5-8H2,1H3/t11-/m0/s1. The van der Waals surface area contributed by atoms with Crippen molar-refractivity contribution in [2.24, 2.45) is 5.92 Å². The van der Waals surface area contributed by atoms with E-state index in [0.29, 0.717) is 10.8 Å². The van der Waals surface area contributed by atoms with Gasteiger partial charge in [-0.05, 0) is 37.8 Å². The molecule has 0 bridgehead atoms. The first kappa shape index (κ1) is 12.6. The van der Waals surface area contributed by atoms with E-state index in [1.807, 2.05) is 13.0 Å². The zero-order chi connectivity index (χ0) is 12.3. The summed E-state index contributed by atoms with van der Waals surface area (Å²) in [5, 5.41) is 0. The van der Waals surface area contributed by atoms with E-state index in [4.69, 9.17) is 0 Å².